The molecule has 0 aliphatic rings. The molecule has 0 bridgehead atoms. The zero-order valence-electron chi connectivity index (χ0n) is 13.6. The number of hydrogen-bond donors (Lipinski definition) is 0. The van der Waals surface area contributed by atoms with E-state index in [0.29, 0.717) is 24.7 Å². The molecule has 1 aromatic carbocycles. The van der Waals surface area contributed by atoms with E-state index in [1.807, 2.05) is 6.07 Å². The maximum atomic E-state index is 11.7. The number of rotatable bonds is 9. The smallest absolute Gasteiger partial charge is 0.310 e. The van der Waals surface area contributed by atoms with Crippen molar-refractivity contribution in [2.45, 2.75) is 26.7 Å². The molecule has 0 saturated heterocycles. The minimum absolute atomic E-state index is 0.175. The Kier molecular flexibility index (Phi) is 7.83. The van der Waals surface area contributed by atoms with Gasteiger partial charge in [-0.2, -0.15) is 0 Å². The van der Waals surface area contributed by atoms with Gasteiger partial charge in [-0.15, -0.1) is 0 Å². The van der Waals surface area contributed by atoms with Crippen molar-refractivity contribution in [1.82, 2.24) is 0 Å². The van der Waals surface area contributed by atoms with E-state index in [4.69, 9.17) is 14.2 Å². The van der Waals surface area contributed by atoms with Crippen LogP contribution in [0.3, 0.4) is 0 Å². The Balaban J connectivity index is 2.90. The van der Waals surface area contributed by atoms with Gasteiger partial charge in [0.2, 0.25) is 0 Å². The third-order valence-corrected chi connectivity index (χ3v) is 3.04. The molecule has 0 amide bonds. The Morgan fingerprint density at radius 3 is 2.68 bits per heavy atom. The van der Waals surface area contributed by atoms with Crippen molar-refractivity contribution in [2.75, 3.05) is 20.3 Å². The van der Waals surface area contributed by atoms with Gasteiger partial charge in [0, 0.05) is 11.6 Å². The lowest BCUT2D eigenvalue weighted by atomic mass is 10.1. The number of ether oxygens (including phenoxy) is 3. The van der Waals surface area contributed by atoms with Crippen molar-refractivity contribution in [2.24, 2.45) is 0 Å². The molecule has 0 heterocycles. The molecule has 0 fully saturated rings. The molecule has 0 aromatic heterocycles. The summed E-state index contributed by atoms with van der Waals surface area (Å²) < 4.78 is 16.0. The van der Waals surface area contributed by atoms with Crippen molar-refractivity contribution in [3.8, 4) is 11.5 Å². The molecule has 4 nitrogen and oxygen atoms in total. The molecule has 120 valence electrons. The second-order valence-electron chi connectivity index (χ2n) is 4.64. The molecule has 0 saturated carbocycles. The Bertz CT molecular complexity index is 532. The van der Waals surface area contributed by atoms with Crippen LogP contribution in [0.4, 0.5) is 0 Å². The van der Waals surface area contributed by atoms with Crippen molar-refractivity contribution in [3.05, 3.63) is 48.1 Å². The Labute approximate surface area is 132 Å². The normalized spacial score (nSPS) is 11.0. The number of hydrogen-bond acceptors (Lipinski definition) is 4. The molecule has 22 heavy (non-hydrogen) atoms. The maximum absolute atomic E-state index is 11.7. The van der Waals surface area contributed by atoms with Crippen molar-refractivity contribution >= 4 is 5.97 Å². The average Bonchev–Trinajstić information content (AvgIpc) is 2.52. The summed E-state index contributed by atoms with van der Waals surface area (Å²) in [6, 6.07) is 5.40. The van der Waals surface area contributed by atoms with Crippen molar-refractivity contribution in [1.29, 1.82) is 0 Å². The van der Waals surface area contributed by atoms with E-state index in [1.54, 1.807) is 32.2 Å². The molecule has 1 aromatic rings. The molecule has 4 heteroatoms. The predicted octanol–water partition coefficient (Wildman–Crippen LogP) is 3.70. The topological polar surface area (TPSA) is 44.8 Å². The van der Waals surface area contributed by atoms with Gasteiger partial charge in [-0.25, -0.2) is 0 Å². The van der Waals surface area contributed by atoms with Crippen LogP contribution in [0.25, 0.3) is 0 Å². The lowest BCUT2D eigenvalue weighted by Gasteiger charge is -2.13. The fraction of sp³-hybridized carbons (Fsp3) is 0.389. The largest absolute Gasteiger partial charge is 0.497 e. The fourth-order valence-corrected chi connectivity index (χ4v) is 1.93. The minimum atomic E-state index is -0.273. The van der Waals surface area contributed by atoms with Gasteiger partial charge in [0.25, 0.3) is 0 Å². The lowest BCUT2D eigenvalue weighted by Crippen LogP contribution is -2.10. The first-order chi connectivity index (χ1) is 10.6. The molecule has 0 N–H and O–H groups in total. The van der Waals surface area contributed by atoms with Gasteiger partial charge in [-0.3, -0.25) is 4.79 Å². The predicted molar refractivity (Wildman–Crippen MR) is 87.4 cm³/mol. The molecule has 0 aliphatic heterocycles. The number of carbonyl (C=O) groups is 1. The van der Waals surface area contributed by atoms with Gasteiger partial charge in [-0.05, 0) is 25.0 Å². The van der Waals surface area contributed by atoms with E-state index in [-0.39, 0.29) is 12.4 Å². The third-order valence-electron chi connectivity index (χ3n) is 3.04. The van der Waals surface area contributed by atoms with Crippen LogP contribution < -0.4 is 9.47 Å². The summed E-state index contributed by atoms with van der Waals surface area (Å²) >= 11 is 0. The number of benzene rings is 1. The number of esters is 1. The van der Waals surface area contributed by atoms with Gasteiger partial charge in [0.05, 0.1) is 20.1 Å². The summed E-state index contributed by atoms with van der Waals surface area (Å²) in [4.78, 5) is 11.7. The number of methoxy groups -OCH3 is 1. The van der Waals surface area contributed by atoms with E-state index in [9.17, 15) is 4.79 Å². The molecule has 0 atom stereocenters. The monoisotopic (exact) mass is 304 g/mol. The Morgan fingerprint density at radius 1 is 1.32 bits per heavy atom. The highest BCUT2D eigenvalue weighted by Gasteiger charge is 2.11. The van der Waals surface area contributed by atoms with E-state index < -0.39 is 0 Å². The highest BCUT2D eigenvalue weighted by molar-refractivity contribution is 5.73. The summed E-state index contributed by atoms with van der Waals surface area (Å²) in [6.07, 6.45) is 4.92. The number of carbonyl (C=O) groups excluding carboxylic acids is 1. The van der Waals surface area contributed by atoms with Crippen LogP contribution in [0.15, 0.2) is 42.5 Å². The average molecular weight is 304 g/mol. The SMILES string of the molecule is C=C/C(=C\CC)COc1cc(OC)ccc1CC(=O)OCC. The van der Waals surface area contributed by atoms with Crippen molar-refractivity contribution < 1.29 is 19.0 Å². The van der Waals surface area contributed by atoms with Crippen LogP contribution in [0.5, 0.6) is 11.5 Å². The quantitative estimate of drug-likeness (QED) is 0.515. The van der Waals surface area contributed by atoms with E-state index in [0.717, 1.165) is 17.6 Å². The first-order valence-corrected chi connectivity index (χ1v) is 7.41. The first kappa shape index (κ1) is 17.8. The van der Waals surface area contributed by atoms with Crippen LogP contribution in [0, 0.1) is 0 Å². The fourth-order valence-electron chi connectivity index (χ4n) is 1.93. The highest BCUT2D eigenvalue weighted by atomic mass is 16.5. The molecular formula is C18H24O4. The van der Waals surface area contributed by atoms with Gasteiger partial charge in [0.15, 0.2) is 0 Å². The van der Waals surface area contributed by atoms with E-state index in [1.165, 1.54) is 0 Å². The summed E-state index contributed by atoms with van der Waals surface area (Å²) in [6.45, 7) is 8.39. The highest BCUT2D eigenvalue weighted by Crippen LogP contribution is 2.26. The summed E-state index contributed by atoms with van der Waals surface area (Å²) in [5.74, 6) is 1.03. The standard InChI is InChI=1S/C18H24O4/c1-5-8-14(6-2)13-22-17-12-16(20-4)10-9-15(17)11-18(19)21-7-3/h6,8-10,12H,2,5,7,11,13H2,1,3-4H3/b14-8+. The molecular weight excluding hydrogens is 280 g/mol. The van der Waals surface area contributed by atoms with Gasteiger partial charge in [-0.1, -0.05) is 31.7 Å². The van der Waals surface area contributed by atoms with E-state index >= 15 is 0 Å². The van der Waals surface area contributed by atoms with Crippen LogP contribution >= 0.6 is 0 Å². The molecule has 1 rings (SSSR count). The molecule has 0 spiro atoms. The second kappa shape index (κ2) is 9.66. The Hall–Kier alpha value is -2.23. The Morgan fingerprint density at radius 2 is 2.09 bits per heavy atom. The number of allylic oxidation sites excluding steroid dienone is 1. The lowest BCUT2D eigenvalue weighted by molar-refractivity contribution is -0.142. The van der Waals surface area contributed by atoms with Gasteiger partial charge in [0.1, 0.15) is 18.1 Å². The second-order valence-corrected chi connectivity index (χ2v) is 4.64. The molecule has 0 aliphatic carbocycles. The van der Waals surface area contributed by atoms with Crippen molar-refractivity contribution in [3.63, 3.8) is 0 Å². The van der Waals surface area contributed by atoms with Crippen LogP contribution in [-0.4, -0.2) is 26.3 Å². The molecule has 0 radical (unpaired) electrons. The van der Waals surface area contributed by atoms with Crippen LogP contribution in [-0.2, 0) is 16.0 Å². The van der Waals surface area contributed by atoms with E-state index in [2.05, 4.69) is 19.6 Å². The maximum Gasteiger partial charge on any atom is 0.310 e. The van der Waals surface area contributed by atoms with Crippen LogP contribution in [0.2, 0.25) is 0 Å². The molecule has 0 unspecified atom stereocenters. The minimum Gasteiger partial charge on any atom is -0.497 e. The first-order valence-electron chi connectivity index (χ1n) is 7.41. The van der Waals surface area contributed by atoms with Crippen LogP contribution in [0.1, 0.15) is 25.8 Å². The summed E-state index contributed by atoms with van der Waals surface area (Å²) in [5, 5.41) is 0. The summed E-state index contributed by atoms with van der Waals surface area (Å²) in [7, 11) is 1.59. The summed E-state index contributed by atoms with van der Waals surface area (Å²) in [5.41, 5.74) is 1.78. The van der Waals surface area contributed by atoms with Gasteiger partial charge >= 0.3 is 5.97 Å². The zero-order valence-corrected chi connectivity index (χ0v) is 13.6. The zero-order chi connectivity index (χ0) is 16.4. The van der Waals surface area contributed by atoms with Gasteiger partial charge < -0.3 is 14.2 Å². The third kappa shape index (κ3) is 5.64.